The standard InChI is InChI=1S/C16H16O3/c1-4-9(2)14-8-12-13(18-14)6-5-11-10(3)7-15(17)19-16(11)12/h4-7,14H,8H2,1-3H3/b9-4+. The van der Waals surface area contributed by atoms with Gasteiger partial charge in [0.2, 0.25) is 0 Å². The smallest absolute Gasteiger partial charge is 0.336 e. The summed E-state index contributed by atoms with van der Waals surface area (Å²) >= 11 is 0. The molecule has 98 valence electrons. The van der Waals surface area contributed by atoms with E-state index in [1.54, 1.807) is 0 Å². The minimum atomic E-state index is -0.301. The fraction of sp³-hybridized carbons (Fsp3) is 0.312. The van der Waals surface area contributed by atoms with Crippen LogP contribution in [0.25, 0.3) is 11.0 Å². The molecule has 0 fully saturated rings. The molecular weight excluding hydrogens is 240 g/mol. The highest BCUT2D eigenvalue weighted by Crippen LogP contribution is 2.37. The minimum Gasteiger partial charge on any atom is -0.485 e. The SMILES string of the molecule is C/C=C(\C)C1Cc2c(ccc3c(C)cc(=O)oc23)O1. The van der Waals surface area contributed by atoms with Crippen LogP contribution >= 0.6 is 0 Å². The summed E-state index contributed by atoms with van der Waals surface area (Å²) in [4.78, 5) is 11.6. The van der Waals surface area contributed by atoms with Crippen molar-refractivity contribution in [2.45, 2.75) is 33.3 Å². The van der Waals surface area contributed by atoms with Crippen molar-refractivity contribution in [3.8, 4) is 5.75 Å². The first-order valence-electron chi connectivity index (χ1n) is 6.46. The van der Waals surface area contributed by atoms with Gasteiger partial charge in [-0.25, -0.2) is 4.79 Å². The second-order valence-electron chi connectivity index (χ2n) is 5.01. The molecule has 2 aromatic rings. The van der Waals surface area contributed by atoms with Gasteiger partial charge in [-0.15, -0.1) is 0 Å². The lowest BCUT2D eigenvalue weighted by Gasteiger charge is -2.10. The molecule has 1 aliphatic rings. The van der Waals surface area contributed by atoms with Crippen LogP contribution in [0.1, 0.15) is 25.0 Å². The van der Waals surface area contributed by atoms with Crippen LogP contribution in [0.15, 0.2) is 39.1 Å². The molecule has 0 N–H and O–H groups in total. The van der Waals surface area contributed by atoms with E-state index in [0.717, 1.165) is 28.7 Å². The van der Waals surface area contributed by atoms with E-state index in [0.29, 0.717) is 5.58 Å². The highest BCUT2D eigenvalue weighted by atomic mass is 16.5. The van der Waals surface area contributed by atoms with E-state index >= 15 is 0 Å². The third kappa shape index (κ3) is 1.86. The van der Waals surface area contributed by atoms with Gasteiger partial charge in [0.1, 0.15) is 17.4 Å². The molecule has 1 atom stereocenters. The van der Waals surface area contributed by atoms with E-state index < -0.39 is 0 Å². The van der Waals surface area contributed by atoms with Gasteiger partial charge < -0.3 is 9.15 Å². The fourth-order valence-corrected chi connectivity index (χ4v) is 2.55. The third-order valence-corrected chi connectivity index (χ3v) is 3.80. The Bertz CT molecular complexity index is 737. The lowest BCUT2D eigenvalue weighted by molar-refractivity contribution is 0.270. The Hall–Kier alpha value is -2.03. The van der Waals surface area contributed by atoms with Crippen molar-refractivity contribution in [3.05, 3.63) is 51.4 Å². The average molecular weight is 256 g/mol. The number of hydrogen-bond acceptors (Lipinski definition) is 3. The Morgan fingerprint density at radius 1 is 1.42 bits per heavy atom. The maximum absolute atomic E-state index is 11.6. The van der Waals surface area contributed by atoms with Gasteiger partial charge in [-0.2, -0.15) is 0 Å². The van der Waals surface area contributed by atoms with Crippen LogP contribution in [0, 0.1) is 6.92 Å². The second kappa shape index (κ2) is 4.26. The van der Waals surface area contributed by atoms with Gasteiger partial charge in [-0.05, 0) is 44.0 Å². The predicted molar refractivity (Wildman–Crippen MR) is 74.8 cm³/mol. The summed E-state index contributed by atoms with van der Waals surface area (Å²) in [6.07, 6.45) is 2.87. The number of rotatable bonds is 1. The van der Waals surface area contributed by atoms with Gasteiger partial charge in [0.15, 0.2) is 0 Å². The zero-order chi connectivity index (χ0) is 13.6. The molecule has 0 saturated heterocycles. The molecule has 1 unspecified atom stereocenters. The number of aryl methyl sites for hydroxylation is 1. The Balaban J connectivity index is 2.20. The van der Waals surface area contributed by atoms with Crippen LogP contribution in [-0.4, -0.2) is 6.10 Å². The molecular formula is C16H16O3. The molecule has 3 rings (SSSR count). The van der Waals surface area contributed by atoms with Crippen molar-refractivity contribution < 1.29 is 9.15 Å². The molecule has 3 heteroatoms. The van der Waals surface area contributed by atoms with Gasteiger partial charge in [0, 0.05) is 23.4 Å². The summed E-state index contributed by atoms with van der Waals surface area (Å²) in [5.41, 5.74) is 3.52. The lowest BCUT2D eigenvalue weighted by atomic mass is 10.0. The minimum absolute atomic E-state index is 0.0522. The number of hydrogen-bond donors (Lipinski definition) is 0. The Labute approximate surface area is 111 Å². The Kier molecular flexibility index (Phi) is 2.70. The molecule has 0 saturated carbocycles. The summed E-state index contributed by atoms with van der Waals surface area (Å²) in [7, 11) is 0. The van der Waals surface area contributed by atoms with Gasteiger partial charge in [0.25, 0.3) is 0 Å². The van der Waals surface area contributed by atoms with Gasteiger partial charge >= 0.3 is 5.63 Å². The normalized spacial score (nSPS) is 18.5. The quantitative estimate of drug-likeness (QED) is 0.580. The molecule has 19 heavy (non-hydrogen) atoms. The summed E-state index contributed by atoms with van der Waals surface area (Å²) in [5, 5.41) is 0.987. The van der Waals surface area contributed by atoms with Crippen LogP contribution in [0.2, 0.25) is 0 Å². The van der Waals surface area contributed by atoms with Gasteiger partial charge in [0.05, 0.1) is 0 Å². The number of benzene rings is 1. The summed E-state index contributed by atoms with van der Waals surface area (Å²) in [6, 6.07) is 5.45. The van der Waals surface area contributed by atoms with E-state index in [1.807, 2.05) is 26.0 Å². The van der Waals surface area contributed by atoms with Crippen molar-refractivity contribution >= 4 is 11.0 Å². The van der Waals surface area contributed by atoms with Crippen LogP contribution in [0.3, 0.4) is 0 Å². The van der Waals surface area contributed by atoms with Crippen molar-refractivity contribution in [2.75, 3.05) is 0 Å². The fourth-order valence-electron chi connectivity index (χ4n) is 2.55. The van der Waals surface area contributed by atoms with E-state index in [2.05, 4.69) is 13.0 Å². The summed E-state index contributed by atoms with van der Waals surface area (Å²) in [5.74, 6) is 0.826. The molecule has 3 nitrogen and oxygen atoms in total. The summed E-state index contributed by atoms with van der Waals surface area (Å²) < 4.78 is 11.3. The van der Waals surface area contributed by atoms with Crippen LogP contribution < -0.4 is 10.4 Å². The van der Waals surface area contributed by atoms with Gasteiger partial charge in [-0.3, -0.25) is 0 Å². The third-order valence-electron chi connectivity index (χ3n) is 3.80. The molecule has 1 aromatic carbocycles. The first-order valence-corrected chi connectivity index (χ1v) is 6.46. The van der Waals surface area contributed by atoms with E-state index in [9.17, 15) is 4.79 Å². The second-order valence-corrected chi connectivity index (χ2v) is 5.01. The molecule has 1 aliphatic heterocycles. The number of allylic oxidation sites excluding steroid dienone is 1. The zero-order valence-electron chi connectivity index (χ0n) is 11.3. The van der Waals surface area contributed by atoms with Crippen molar-refractivity contribution in [1.29, 1.82) is 0 Å². The zero-order valence-corrected chi connectivity index (χ0v) is 11.3. The van der Waals surface area contributed by atoms with E-state index in [-0.39, 0.29) is 11.7 Å². The highest BCUT2D eigenvalue weighted by Gasteiger charge is 2.27. The molecule has 0 aliphatic carbocycles. The molecule has 1 aromatic heterocycles. The first kappa shape index (κ1) is 12.0. The molecule has 0 amide bonds. The molecule has 2 heterocycles. The monoisotopic (exact) mass is 256 g/mol. The molecule has 0 spiro atoms. The molecule has 0 bridgehead atoms. The van der Waals surface area contributed by atoms with Crippen molar-refractivity contribution in [1.82, 2.24) is 0 Å². The van der Waals surface area contributed by atoms with E-state index in [1.165, 1.54) is 11.6 Å². The first-order chi connectivity index (χ1) is 9.10. The molecule has 0 radical (unpaired) electrons. The maximum atomic E-state index is 11.6. The maximum Gasteiger partial charge on any atom is 0.336 e. The predicted octanol–water partition coefficient (Wildman–Crippen LogP) is 3.37. The van der Waals surface area contributed by atoms with Crippen molar-refractivity contribution in [3.63, 3.8) is 0 Å². The number of fused-ring (bicyclic) bond motifs is 3. The van der Waals surface area contributed by atoms with Crippen LogP contribution in [0.4, 0.5) is 0 Å². The number of ether oxygens (including phenoxy) is 1. The Morgan fingerprint density at radius 3 is 2.95 bits per heavy atom. The lowest BCUT2D eigenvalue weighted by Crippen LogP contribution is -2.13. The largest absolute Gasteiger partial charge is 0.485 e. The highest BCUT2D eigenvalue weighted by molar-refractivity contribution is 5.85. The van der Waals surface area contributed by atoms with Crippen molar-refractivity contribution in [2.24, 2.45) is 0 Å². The average Bonchev–Trinajstić information content (AvgIpc) is 2.81. The van der Waals surface area contributed by atoms with E-state index in [4.69, 9.17) is 9.15 Å². The summed E-state index contributed by atoms with van der Waals surface area (Å²) in [6.45, 7) is 5.99. The van der Waals surface area contributed by atoms with Crippen LogP contribution in [-0.2, 0) is 6.42 Å². The van der Waals surface area contributed by atoms with Gasteiger partial charge in [-0.1, -0.05) is 6.08 Å². The van der Waals surface area contributed by atoms with Crippen LogP contribution in [0.5, 0.6) is 5.75 Å². The Morgan fingerprint density at radius 2 is 2.21 bits per heavy atom. The topological polar surface area (TPSA) is 39.4 Å².